The fourth-order valence-corrected chi connectivity index (χ4v) is 1.68. The van der Waals surface area contributed by atoms with Crippen molar-refractivity contribution in [3.8, 4) is 22.8 Å². The smallest absolute Gasteiger partial charge is 0.222 e. The molecule has 0 bridgehead atoms. The molecule has 0 aliphatic rings. The lowest BCUT2D eigenvalue weighted by atomic mass is 10.1. The van der Waals surface area contributed by atoms with Crippen molar-refractivity contribution in [2.75, 3.05) is 0 Å². The summed E-state index contributed by atoms with van der Waals surface area (Å²) in [4.78, 5) is 4.23. The second kappa shape index (κ2) is 4.52. The van der Waals surface area contributed by atoms with Crippen molar-refractivity contribution in [2.24, 2.45) is 0 Å². The predicted octanol–water partition coefficient (Wildman–Crippen LogP) is 2.21. The van der Waals surface area contributed by atoms with Crippen LogP contribution in [0, 0.1) is 11.6 Å². The highest BCUT2D eigenvalue weighted by Gasteiger charge is 2.10. The molecule has 0 unspecified atom stereocenters. The van der Waals surface area contributed by atoms with Crippen molar-refractivity contribution in [1.82, 2.24) is 25.6 Å². The van der Waals surface area contributed by atoms with Gasteiger partial charge < -0.3 is 0 Å². The molecule has 0 radical (unpaired) electrons. The third kappa shape index (κ3) is 2.17. The second-order valence-electron chi connectivity index (χ2n) is 3.77. The SMILES string of the molecule is Fc1ccc(-c2cccc(-c3nn[nH]n3)n2)c(F)c1. The van der Waals surface area contributed by atoms with Crippen LogP contribution in [0.1, 0.15) is 0 Å². The van der Waals surface area contributed by atoms with E-state index in [9.17, 15) is 8.78 Å². The van der Waals surface area contributed by atoms with Gasteiger partial charge in [-0.05, 0) is 29.5 Å². The van der Waals surface area contributed by atoms with E-state index < -0.39 is 11.6 Å². The second-order valence-corrected chi connectivity index (χ2v) is 3.77. The van der Waals surface area contributed by atoms with Gasteiger partial charge in [-0.1, -0.05) is 6.07 Å². The highest BCUT2D eigenvalue weighted by Crippen LogP contribution is 2.23. The molecule has 0 aliphatic carbocycles. The summed E-state index contributed by atoms with van der Waals surface area (Å²) in [6.07, 6.45) is 0. The maximum atomic E-state index is 13.7. The molecule has 0 spiro atoms. The van der Waals surface area contributed by atoms with E-state index in [1.807, 2.05) is 0 Å². The highest BCUT2D eigenvalue weighted by molar-refractivity contribution is 5.63. The van der Waals surface area contributed by atoms with Crippen molar-refractivity contribution < 1.29 is 8.78 Å². The topological polar surface area (TPSA) is 67.3 Å². The van der Waals surface area contributed by atoms with Crippen LogP contribution in [0.2, 0.25) is 0 Å². The Morgan fingerprint density at radius 3 is 2.58 bits per heavy atom. The number of halogens is 2. The van der Waals surface area contributed by atoms with Crippen LogP contribution >= 0.6 is 0 Å². The van der Waals surface area contributed by atoms with E-state index >= 15 is 0 Å². The quantitative estimate of drug-likeness (QED) is 0.766. The molecular formula is C12H7F2N5. The number of nitrogens with one attached hydrogen (secondary N) is 1. The lowest BCUT2D eigenvalue weighted by Gasteiger charge is -2.03. The molecule has 0 saturated heterocycles. The predicted molar refractivity (Wildman–Crippen MR) is 62.8 cm³/mol. The van der Waals surface area contributed by atoms with Gasteiger partial charge in [-0.3, -0.25) is 0 Å². The third-order valence-electron chi connectivity index (χ3n) is 2.53. The fourth-order valence-electron chi connectivity index (χ4n) is 1.68. The van der Waals surface area contributed by atoms with Gasteiger partial charge in [-0.2, -0.15) is 5.21 Å². The summed E-state index contributed by atoms with van der Waals surface area (Å²) >= 11 is 0. The normalized spacial score (nSPS) is 10.6. The molecule has 5 nitrogen and oxygen atoms in total. The van der Waals surface area contributed by atoms with Gasteiger partial charge in [0.25, 0.3) is 0 Å². The Morgan fingerprint density at radius 1 is 1.00 bits per heavy atom. The number of benzene rings is 1. The Kier molecular flexibility index (Phi) is 2.71. The first-order valence-corrected chi connectivity index (χ1v) is 5.40. The van der Waals surface area contributed by atoms with Crippen LogP contribution in [0.25, 0.3) is 22.8 Å². The Bertz CT molecular complexity index is 712. The minimum absolute atomic E-state index is 0.215. The number of hydrogen-bond acceptors (Lipinski definition) is 4. The third-order valence-corrected chi connectivity index (χ3v) is 2.53. The Morgan fingerprint density at radius 2 is 1.84 bits per heavy atom. The summed E-state index contributed by atoms with van der Waals surface area (Å²) in [7, 11) is 0. The molecule has 0 fully saturated rings. The molecule has 2 aromatic heterocycles. The zero-order valence-corrected chi connectivity index (χ0v) is 9.51. The summed E-state index contributed by atoms with van der Waals surface area (Å²) in [6.45, 7) is 0. The van der Waals surface area contributed by atoms with Gasteiger partial charge in [0.05, 0.1) is 5.69 Å². The molecule has 0 saturated carbocycles. The van der Waals surface area contributed by atoms with Crippen molar-refractivity contribution >= 4 is 0 Å². The van der Waals surface area contributed by atoms with Crippen LogP contribution in [0.3, 0.4) is 0 Å². The molecular weight excluding hydrogens is 252 g/mol. The lowest BCUT2D eigenvalue weighted by molar-refractivity contribution is 0.585. The first-order chi connectivity index (χ1) is 9.24. The molecule has 1 aromatic carbocycles. The number of tetrazole rings is 1. The van der Waals surface area contributed by atoms with Gasteiger partial charge in [0.15, 0.2) is 0 Å². The van der Waals surface area contributed by atoms with Crippen LogP contribution in [-0.4, -0.2) is 25.6 Å². The van der Waals surface area contributed by atoms with E-state index in [0.29, 0.717) is 17.2 Å². The molecule has 94 valence electrons. The molecule has 19 heavy (non-hydrogen) atoms. The maximum absolute atomic E-state index is 13.7. The van der Waals surface area contributed by atoms with Crippen LogP contribution in [0.15, 0.2) is 36.4 Å². The van der Waals surface area contributed by atoms with E-state index in [2.05, 4.69) is 25.6 Å². The molecule has 2 heterocycles. The largest absolute Gasteiger partial charge is 0.244 e. The first kappa shape index (κ1) is 11.4. The molecule has 0 atom stereocenters. The van der Waals surface area contributed by atoms with Crippen LogP contribution in [-0.2, 0) is 0 Å². The Balaban J connectivity index is 2.08. The van der Waals surface area contributed by atoms with Crippen LogP contribution in [0.5, 0.6) is 0 Å². The molecule has 3 aromatic rings. The summed E-state index contributed by atoms with van der Waals surface area (Å²) < 4.78 is 26.6. The molecule has 3 rings (SSSR count). The fraction of sp³-hybridized carbons (Fsp3) is 0. The van der Waals surface area contributed by atoms with Gasteiger partial charge in [0.1, 0.15) is 17.3 Å². The minimum atomic E-state index is -0.669. The monoisotopic (exact) mass is 259 g/mol. The number of rotatable bonds is 2. The zero-order valence-electron chi connectivity index (χ0n) is 9.51. The Labute approximate surface area is 106 Å². The number of aromatic amines is 1. The molecule has 7 heteroatoms. The number of nitrogens with zero attached hydrogens (tertiary/aromatic N) is 4. The standard InChI is InChI=1S/C12H7F2N5/c13-7-4-5-8(9(14)6-7)10-2-1-3-11(15-10)12-16-18-19-17-12/h1-6H,(H,16,17,18,19). The van der Waals surface area contributed by atoms with Gasteiger partial charge in [0.2, 0.25) is 5.82 Å². The highest BCUT2D eigenvalue weighted by atomic mass is 19.1. The van der Waals surface area contributed by atoms with E-state index in [-0.39, 0.29) is 5.56 Å². The van der Waals surface area contributed by atoms with Crippen molar-refractivity contribution in [3.05, 3.63) is 48.0 Å². The summed E-state index contributed by atoms with van der Waals surface area (Å²) in [6, 6.07) is 8.33. The Hall–Kier alpha value is -2.70. The zero-order chi connectivity index (χ0) is 13.2. The van der Waals surface area contributed by atoms with Gasteiger partial charge in [-0.25, -0.2) is 13.8 Å². The van der Waals surface area contributed by atoms with E-state index in [1.165, 1.54) is 12.1 Å². The summed E-state index contributed by atoms with van der Waals surface area (Å²) in [5.41, 5.74) is 1.04. The van der Waals surface area contributed by atoms with Gasteiger partial charge in [-0.15, -0.1) is 10.2 Å². The van der Waals surface area contributed by atoms with Crippen molar-refractivity contribution in [3.63, 3.8) is 0 Å². The number of pyridine rings is 1. The lowest BCUT2D eigenvalue weighted by Crippen LogP contribution is -1.92. The molecule has 0 amide bonds. The summed E-state index contributed by atoms with van der Waals surface area (Å²) in [5, 5.41) is 13.3. The van der Waals surface area contributed by atoms with E-state index in [0.717, 1.165) is 6.07 Å². The minimum Gasteiger partial charge on any atom is -0.244 e. The molecule has 0 aliphatic heterocycles. The average Bonchev–Trinajstić information content (AvgIpc) is 2.93. The van der Waals surface area contributed by atoms with Crippen LogP contribution in [0.4, 0.5) is 8.78 Å². The van der Waals surface area contributed by atoms with E-state index in [1.54, 1.807) is 18.2 Å². The maximum Gasteiger partial charge on any atom is 0.222 e. The number of aromatic nitrogens is 5. The van der Waals surface area contributed by atoms with Crippen molar-refractivity contribution in [1.29, 1.82) is 0 Å². The molecule has 1 N–H and O–H groups in total. The summed E-state index contributed by atoms with van der Waals surface area (Å²) in [5.74, 6) is -0.988. The first-order valence-electron chi connectivity index (χ1n) is 5.40. The van der Waals surface area contributed by atoms with Crippen molar-refractivity contribution in [2.45, 2.75) is 0 Å². The van der Waals surface area contributed by atoms with Crippen LogP contribution < -0.4 is 0 Å². The number of hydrogen-bond donors (Lipinski definition) is 1. The van der Waals surface area contributed by atoms with E-state index in [4.69, 9.17) is 0 Å². The average molecular weight is 259 g/mol. The van der Waals surface area contributed by atoms with Gasteiger partial charge >= 0.3 is 0 Å². The number of H-pyrrole nitrogens is 1. The van der Waals surface area contributed by atoms with Gasteiger partial charge in [0, 0.05) is 11.6 Å².